The van der Waals surface area contributed by atoms with E-state index in [2.05, 4.69) is 26.6 Å². The first-order valence-corrected chi connectivity index (χ1v) is 8.43. The van der Waals surface area contributed by atoms with Crippen LogP contribution in [0.4, 0.5) is 0 Å². The number of hydrogen-bond donors (Lipinski definition) is 4. The number of aldehydes is 1. The smallest absolute Gasteiger partial charge is 0.342 e. The summed E-state index contributed by atoms with van der Waals surface area (Å²) in [6, 6.07) is -2.93. The summed E-state index contributed by atoms with van der Waals surface area (Å²) in [7, 11) is 0. The Balaban J connectivity index is 5.54. The van der Waals surface area contributed by atoms with Crippen molar-refractivity contribution in [1.29, 1.82) is 0 Å². The minimum atomic E-state index is -1.48. The molecule has 0 aliphatic carbocycles. The van der Waals surface area contributed by atoms with Gasteiger partial charge in [0.05, 0.1) is 0 Å². The highest BCUT2D eigenvalue weighted by molar-refractivity contribution is 9.12. The lowest BCUT2D eigenvalue weighted by Gasteiger charge is -2.23. The molecule has 0 aromatic heterocycles. The largest absolute Gasteiger partial charge is 0.478 e. The van der Waals surface area contributed by atoms with E-state index in [-0.39, 0.29) is 18.3 Å². The lowest BCUT2D eigenvalue weighted by atomic mass is 10.0. The molecule has 0 aliphatic rings. The van der Waals surface area contributed by atoms with E-state index in [1.165, 1.54) is 6.92 Å². The summed E-state index contributed by atoms with van der Waals surface area (Å²) in [5.41, 5.74) is -0.221. The third-order valence-electron chi connectivity index (χ3n) is 3.10. The van der Waals surface area contributed by atoms with Gasteiger partial charge in [-0.25, -0.2) is 9.59 Å². The van der Waals surface area contributed by atoms with Crippen LogP contribution in [0.5, 0.6) is 0 Å². The van der Waals surface area contributed by atoms with Crippen LogP contribution in [0.1, 0.15) is 26.7 Å². The second-order valence-corrected chi connectivity index (χ2v) is 6.16. The number of ketones is 1. The maximum absolute atomic E-state index is 12.3. The number of carboxylic acid groups (broad SMARTS) is 2. The first-order valence-electron chi connectivity index (χ1n) is 7.64. The summed E-state index contributed by atoms with van der Waals surface area (Å²) in [6.45, 7) is 2.89. The number of rotatable bonds is 11. The molecule has 27 heavy (non-hydrogen) atoms. The Morgan fingerprint density at radius 2 is 1.67 bits per heavy atom. The van der Waals surface area contributed by atoms with Gasteiger partial charge in [-0.2, -0.15) is 0 Å². The average Bonchev–Trinajstić information content (AvgIpc) is 2.56. The number of aliphatic carboxylic acids is 2. The van der Waals surface area contributed by atoms with Crippen LogP contribution in [0.25, 0.3) is 0 Å². The highest BCUT2D eigenvalue weighted by Crippen LogP contribution is 2.06. The standard InChI is InChI=1S/C16H19BrN2O8/c1-3-4-11(21)14(19-15(25)8(2)5-13(23)24)10(7-20)18-12(22)6-9(17)16(26)27/h5-7,10,14H,3-4H2,1-2H3,(H,18,22)(H,19,25)(H,23,24)(H,26,27)/b8-5-,9-6+. The number of carbonyl (C=O) groups excluding carboxylic acids is 4. The molecule has 2 unspecified atom stereocenters. The lowest BCUT2D eigenvalue weighted by Crippen LogP contribution is -2.56. The van der Waals surface area contributed by atoms with E-state index >= 15 is 0 Å². The molecule has 0 bridgehead atoms. The van der Waals surface area contributed by atoms with E-state index in [1.54, 1.807) is 6.92 Å². The summed E-state index contributed by atoms with van der Waals surface area (Å²) in [6.07, 6.45) is 1.88. The van der Waals surface area contributed by atoms with Gasteiger partial charge in [0.25, 0.3) is 0 Å². The van der Waals surface area contributed by atoms with Crippen molar-refractivity contribution < 1.29 is 39.0 Å². The Morgan fingerprint density at radius 3 is 2.11 bits per heavy atom. The van der Waals surface area contributed by atoms with E-state index in [0.29, 0.717) is 18.6 Å². The van der Waals surface area contributed by atoms with E-state index < -0.39 is 46.1 Å². The molecule has 0 spiro atoms. The molecule has 0 aliphatic heterocycles. The van der Waals surface area contributed by atoms with Gasteiger partial charge in [-0.3, -0.25) is 14.4 Å². The molecule has 0 aromatic carbocycles. The molecule has 0 heterocycles. The van der Waals surface area contributed by atoms with Crippen LogP contribution in [0.2, 0.25) is 0 Å². The van der Waals surface area contributed by atoms with E-state index in [0.717, 1.165) is 0 Å². The van der Waals surface area contributed by atoms with E-state index in [4.69, 9.17) is 10.2 Å². The molecular formula is C16H19BrN2O8. The highest BCUT2D eigenvalue weighted by Gasteiger charge is 2.30. The third kappa shape index (κ3) is 8.90. The quantitative estimate of drug-likeness (QED) is 0.252. The Morgan fingerprint density at radius 1 is 1.07 bits per heavy atom. The van der Waals surface area contributed by atoms with Gasteiger partial charge in [0.2, 0.25) is 11.8 Å². The van der Waals surface area contributed by atoms with Crippen LogP contribution < -0.4 is 10.6 Å². The molecule has 0 rings (SSSR count). The zero-order valence-corrected chi connectivity index (χ0v) is 16.1. The summed E-state index contributed by atoms with van der Waals surface area (Å²) < 4.78 is -0.481. The Kier molecular flexibility index (Phi) is 10.5. The minimum absolute atomic E-state index is 0.0124. The number of Topliss-reactive ketones (excluding diaryl/α,β-unsaturated/α-hetero) is 1. The molecule has 0 saturated heterocycles. The number of carbonyl (C=O) groups is 6. The fourth-order valence-corrected chi connectivity index (χ4v) is 2.06. The van der Waals surface area contributed by atoms with Gasteiger partial charge in [0.15, 0.2) is 5.78 Å². The third-order valence-corrected chi connectivity index (χ3v) is 3.67. The summed E-state index contributed by atoms with van der Waals surface area (Å²) in [4.78, 5) is 68.8. The van der Waals surface area contributed by atoms with Crippen LogP contribution in [0, 0.1) is 0 Å². The maximum atomic E-state index is 12.3. The van der Waals surface area contributed by atoms with Crippen molar-refractivity contribution in [2.24, 2.45) is 0 Å². The van der Waals surface area contributed by atoms with Gasteiger partial charge in [-0.05, 0) is 29.3 Å². The molecular weight excluding hydrogens is 428 g/mol. The Bertz CT molecular complexity index is 699. The van der Waals surface area contributed by atoms with Crippen molar-refractivity contribution in [2.45, 2.75) is 38.8 Å². The maximum Gasteiger partial charge on any atom is 0.342 e. The van der Waals surface area contributed by atoms with Gasteiger partial charge < -0.3 is 25.6 Å². The first-order chi connectivity index (χ1) is 12.5. The van der Waals surface area contributed by atoms with Crippen molar-refractivity contribution in [3.05, 3.63) is 22.2 Å². The van der Waals surface area contributed by atoms with Gasteiger partial charge in [0.1, 0.15) is 22.9 Å². The molecule has 0 fully saturated rings. The van der Waals surface area contributed by atoms with Crippen molar-refractivity contribution in [1.82, 2.24) is 10.6 Å². The molecule has 0 saturated carbocycles. The Labute approximate surface area is 162 Å². The minimum Gasteiger partial charge on any atom is -0.478 e. The summed E-state index contributed by atoms with van der Waals surface area (Å²) in [5.74, 6) is -5.25. The van der Waals surface area contributed by atoms with Crippen LogP contribution in [-0.2, 0) is 28.8 Å². The number of halogens is 1. The van der Waals surface area contributed by atoms with Crippen LogP contribution >= 0.6 is 15.9 Å². The average molecular weight is 447 g/mol. The predicted molar refractivity (Wildman–Crippen MR) is 95.9 cm³/mol. The fraction of sp³-hybridized carbons (Fsp3) is 0.375. The molecule has 10 nitrogen and oxygen atoms in total. The van der Waals surface area contributed by atoms with Gasteiger partial charge in [-0.1, -0.05) is 6.92 Å². The van der Waals surface area contributed by atoms with Crippen LogP contribution in [0.3, 0.4) is 0 Å². The summed E-state index contributed by atoms with van der Waals surface area (Å²) in [5, 5.41) is 21.7. The molecule has 0 radical (unpaired) electrons. The Hall–Kier alpha value is -2.82. The lowest BCUT2D eigenvalue weighted by molar-refractivity contribution is -0.133. The normalized spacial score (nSPS) is 13.9. The van der Waals surface area contributed by atoms with Gasteiger partial charge in [0, 0.05) is 24.1 Å². The second-order valence-electron chi connectivity index (χ2n) is 5.30. The molecule has 2 amide bonds. The SMILES string of the molecule is CCCC(=O)C(NC(=O)/C(C)=C\C(=O)O)C(C=O)NC(=O)/C=C(/Br)C(=O)O. The van der Waals surface area contributed by atoms with Crippen molar-refractivity contribution in [3.8, 4) is 0 Å². The topological polar surface area (TPSA) is 167 Å². The van der Waals surface area contributed by atoms with Gasteiger partial charge in [-0.15, -0.1) is 0 Å². The van der Waals surface area contributed by atoms with Crippen LogP contribution in [0.15, 0.2) is 22.2 Å². The van der Waals surface area contributed by atoms with Crippen molar-refractivity contribution in [2.75, 3.05) is 0 Å². The van der Waals surface area contributed by atoms with Crippen molar-refractivity contribution in [3.63, 3.8) is 0 Å². The molecule has 11 heteroatoms. The second kappa shape index (κ2) is 11.7. The molecule has 2 atom stereocenters. The summed E-state index contributed by atoms with van der Waals surface area (Å²) >= 11 is 2.64. The van der Waals surface area contributed by atoms with E-state index in [1.807, 2.05) is 0 Å². The monoisotopic (exact) mass is 446 g/mol. The van der Waals surface area contributed by atoms with Crippen molar-refractivity contribution >= 4 is 51.8 Å². The molecule has 0 aromatic rings. The van der Waals surface area contributed by atoms with E-state index in [9.17, 15) is 28.8 Å². The fourth-order valence-electron chi connectivity index (χ4n) is 1.86. The number of nitrogens with one attached hydrogen (secondary N) is 2. The highest BCUT2D eigenvalue weighted by atomic mass is 79.9. The first kappa shape index (κ1) is 24.2. The van der Waals surface area contributed by atoms with Crippen LogP contribution in [-0.4, -0.2) is 58.1 Å². The molecule has 148 valence electrons. The van der Waals surface area contributed by atoms with Gasteiger partial charge >= 0.3 is 11.9 Å². The number of carboxylic acids is 2. The predicted octanol–water partition coefficient (Wildman–Crippen LogP) is -0.0816. The zero-order valence-electron chi connectivity index (χ0n) is 14.5. The number of hydrogen-bond acceptors (Lipinski definition) is 6. The zero-order chi connectivity index (χ0) is 21.1. The number of amides is 2. The molecule has 4 N–H and O–H groups in total.